The summed E-state index contributed by atoms with van der Waals surface area (Å²) in [5.41, 5.74) is 22.6. The van der Waals surface area contributed by atoms with Crippen LogP contribution in [0.3, 0.4) is 0 Å². The molecule has 1 heterocycles. The van der Waals surface area contributed by atoms with Crippen molar-refractivity contribution in [3.8, 4) is 0 Å². The molecule has 12 atom stereocenters. The number of carbonyl (C=O) groups is 8. The van der Waals surface area contributed by atoms with Crippen molar-refractivity contribution in [1.29, 1.82) is 0 Å². The van der Waals surface area contributed by atoms with Crippen molar-refractivity contribution in [1.82, 2.24) is 31.9 Å². The van der Waals surface area contributed by atoms with E-state index in [0.717, 1.165) is 58.0 Å². The molecule has 4 amide bonds. The number of nitrogens with one attached hydrogen (secondary N) is 6. The topological polar surface area (TPSA) is 372 Å². The first-order chi connectivity index (χ1) is 46.8. The summed E-state index contributed by atoms with van der Waals surface area (Å²) in [5.74, 6) is -3.06. The zero-order chi connectivity index (χ0) is 72.9. The van der Waals surface area contributed by atoms with E-state index >= 15 is 0 Å². The molecule has 0 aromatic heterocycles. The standard InChI is InChI=1S/C42H78BN5O6.C32H64BN5O6/c1-7-8-9-10-11-12-13-18-24-46-25-21-39(51)47-33(19-14-16-22-44)35(49)26-30(2)40(52)48-34(20-15-17-23-45)36(50)27-31(3)43-53-38-29-32-28-37(41(32,4)5)42(38,6)54-43;1-4-5-6-7-8-9-10-15-21-36-22-18-31(41)37-27(16-11-13-19-34)29(39)23-25(2)32(42)38-28(17-12-14-20-35)30(40)24-26(3)33(43)44/h30-34,37-38,46H,7-29,44-45H2,1-6H3,(H,47,51)(H,48,52);25-28,36,43-44H,4-24,34-35H2,1-3H3,(H,37,41)(H,38,42)/t30-,31-,32+,33+,34+,37+,38-,42+;25-,26-,27+,28+/m11/s1. The molecule has 0 aromatic rings. The van der Waals surface area contributed by atoms with Gasteiger partial charge in [0.2, 0.25) is 23.6 Å². The maximum atomic E-state index is 13.8. The molecule has 0 aromatic carbocycles. The molecule has 3 saturated carbocycles. The Morgan fingerprint density at radius 1 is 0.469 bits per heavy atom. The Morgan fingerprint density at radius 2 is 0.827 bits per heavy atom. The normalized spacial score (nSPS) is 20.0. The first-order valence-corrected chi connectivity index (χ1v) is 39.1. The molecule has 566 valence electrons. The third kappa shape index (κ3) is 35.5. The van der Waals surface area contributed by atoms with E-state index in [9.17, 15) is 48.4 Å². The monoisotopic (exact) mass is 1390 g/mol. The van der Waals surface area contributed by atoms with Crippen LogP contribution < -0.4 is 54.8 Å². The van der Waals surface area contributed by atoms with Gasteiger partial charge in [0.05, 0.1) is 35.9 Å². The van der Waals surface area contributed by atoms with Gasteiger partial charge in [0.15, 0.2) is 23.1 Å². The summed E-state index contributed by atoms with van der Waals surface area (Å²) in [6.07, 6.45) is 30.2. The van der Waals surface area contributed by atoms with E-state index in [0.29, 0.717) is 109 Å². The second kappa shape index (κ2) is 52.3. The highest BCUT2D eigenvalue weighted by Crippen LogP contribution is 2.66. The molecule has 3 aliphatic carbocycles. The van der Waals surface area contributed by atoms with Gasteiger partial charge < -0.3 is 74.2 Å². The van der Waals surface area contributed by atoms with Crippen molar-refractivity contribution in [3.05, 3.63) is 0 Å². The minimum absolute atomic E-state index is 0.0293. The summed E-state index contributed by atoms with van der Waals surface area (Å²) in [7, 11) is -2.10. The van der Waals surface area contributed by atoms with Crippen LogP contribution >= 0.6 is 0 Å². The van der Waals surface area contributed by atoms with E-state index in [1.165, 1.54) is 89.9 Å². The van der Waals surface area contributed by atoms with Crippen LogP contribution in [0.4, 0.5) is 0 Å². The van der Waals surface area contributed by atoms with Gasteiger partial charge in [-0.25, -0.2) is 0 Å². The van der Waals surface area contributed by atoms with E-state index in [2.05, 4.69) is 66.5 Å². The van der Waals surface area contributed by atoms with Crippen LogP contribution in [-0.4, -0.2) is 159 Å². The molecular weight excluding hydrogens is 1240 g/mol. The number of ketones is 4. The van der Waals surface area contributed by atoms with Gasteiger partial charge in [-0.1, -0.05) is 145 Å². The Kier molecular flexibility index (Phi) is 48.2. The minimum Gasteiger partial charge on any atom is -0.427 e. The van der Waals surface area contributed by atoms with E-state index < -0.39 is 62.0 Å². The third-order valence-corrected chi connectivity index (χ3v) is 21.0. The molecule has 4 rings (SSSR count). The van der Waals surface area contributed by atoms with Gasteiger partial charge in [-0.2, -0.15) is 0 Å². The van der Waals surface area contributed by atoms with Gasteiger partial charge >= 0.3 is 14.2 Å². The Balaban J connectivity index is 0.000000683. The van der Waals surface area contributed by atoms with Gasteiger partial charge in [0.25, 0.3) is 0 Å². The van der Waals surface area contributed by atoms with Crippen LogP contribution in [0.1, 0.15) is 293 Å². The summed E-state index contributed by atoms with van der Waals surface area (Å²) in [5, 5.41) is 37.0. The number of amides is 4. The van der Waals surface area contributed by atoms with Crippen molar-refractivity contribution in [3.63, 3.8) is 0 Å². The third-order valence-electron chi connectivity index (χ3n) is 21.0. The maximum Gasteiger partial charge on any atom is 0.461 e. The molecule has 0 radical (unpaired) electrons. The number of rotatable bonds is 60. The lowest BCUT2D eigenvalue weighted by Crippen LogP contribution is -2.65. The molecule has 16 N–H and O–H groups in total. The zero-order valence-corrected chi connectivity index (χ0v) is 62.9. The fourth-order valence-electron chi connectivity index (χ4n) is 14.1. The zero-order valence-electron chi connectivity index (χ0n) is 62.9. The Labute approximate surface area is 593 Å². The van der Waals surface area contributed by atoms with Crippen molar-refractivity contribution in [2.75, 3.05) is 52.4 Å². The summed E-state index contributed by atoms with van der Waals surface area (Å²) >= 11 is 0. The number of hydrogen-bond donors (Lipinski definition) is 12. The second-order valence-electron chi connectivity index (χ2n) is 30.1. The first kappa shape index (κ1) is 90.4. The van der Waals surface area contributed by atoms with E-state index in [-0.39, 0.29) is 102 Å². The van der Waals surface area contributed by atoms with Crippen LogP contribution in [0.2, 0.25) is 11.6 Å². The predicted octanol–water partition coefficient (Wildman–Crippen LogP) is 8.76. The van der Waals surface area contributed by atoms with Crippen molar-refractivity contribution in [2.45, 2.75) is 341 Å². The Bertz CT molecular complexity index is 2260. The lowest BCUT2D eigenvalue weighted by Gasteiger charge is -2.64. The average molecular weight is 1390 g/mol. The fraction of sp³-hybridized carbons (Fsp3) is 0.892. The SMILES string of the molecule is CCCCCCCCCCNCCC(=O)N[C@@H](CCCCN)C(=O)C[C@@H](C)C(=O)N[C@@H](CCCCN)C(=O)C[C@@H](C)B(O)O.CCCCCCCCCCNCCC(=O)N[C@@H](CCCCN)C(=O)C[C@@H](C)C(=O)N[C@@H](CCCCN)C(=O)C[C@@H](C)B1O[C@@H]2C[C@@H]3C[C@@H](C3(C)C)[C@]2(C)O1. The number of carbonyl (C=O) groups excluding carboxylic acids is 8. The Morgan fingerprint density at radius 3 is 1.19 bits per heavy atom. The van der Waals surface area contributed by atoms with Gasteiger partial charge in [0, 0.05) is 63.5 Å². The molecule has 1 saturated heterocycles. The van der Waals surface area contributed by atoms with Crippen LogP contribution in [0, 0.1) is 29.1 Å². The highest BCUT2D eigenvalue weighted by atomic mass is 16.7. The van der Waals surface area contributed by atoms with Gasteiger partial charge in [-0.3, -0.25) is 38.4 Å². The molecule has 98 heavy (non-hydrogen) atoms. The van der Waals surface area contributed by atoms with Crippen molar-refractivity contribution in [2.24, 2.45) is 52.0 Å². The maximum absolute atomic E-state index is 13.8. The molecule has 0 spiro atoms. The Hall–Kier alpha value is -3.71. The highest BCUT2D eigenvalue weighted by molar-refractivity contribution is 6.47. The van der Waals surface area contributed by atoms with Crippen LogP contribution in [0.5, 0.6) is 0 Å². The number of nitrogens with two attached hydrogens (primary N) is 4. The fourth-order valence-corrected chi connectivity index (χ4v) is 14.1. The molecule has 22 nitrogen and oxygen atoms in total. The molecule has 0 unspecified atom stereocenters. The predicted molar refractivity (Wildman–Crippen MR) is 396 cm³/mol. The highest BCUT2D eigenvalue weighted by Gasteiger charge is 2.68. The minimum atomic E-state index is -1.63. The molecule has 24 heteroatoms. The van der Waals surface area contributed by atoms with Crippen LogP contribution in [0.25, 0.3) is 0 Å². The lowest BCUT2D eigenvalue weighted by molar-refractivity contribution is -0.199. The van der Waals surface area contributed by atoms with E-state index in [1.54, 1.807) is 20.8 Å². The van der Waals surface area contributed by atoms with E-state index in [4.69, 9.17) is 32.2 Å². The summed E-state index contributed by atoms with van der Waals surface area (Å²) in [4.78, 5) is 105. The summed E-state index contributed by atoms with van der Waals surface area (Å²) in [6.45, 7) is 23.0. The smallest absolute Gasteiger partial charge is 0.427 e. The summed E-state index contributed by atoms with van der Waals surface area (Å²) < 4.78 is 13.1. The second-order valence-corrected chi connectivity index (χ2v) is 30.1. The van der Waals surface area contributed by atoms with Gasteiger partial charge in [0.1, 0.15) is 0 Å². The van der Waals surface area contributed by atoms with E-state index in [1.807, 2.05) is 6.92 Å². The van der Waals surface area contributed by atoms with Crippen molar-refractivity contribution >= 4 is 61.0 Å². The number of unbranched alkanes of at least 4 members (excludes halogenated alkanes) is 18. The van der Waals surface area contributed by atoms with Crippen LogP contribution in [0.15, 0.2) is 0 Å². The summed E-state index contributed by atoms with van der Waals surface area (Å²) in [6, 6.07) is -2.87. The number of hydrogen-bond acceptors (Lipinski definition) is 18. The largest absolute Gasteiger partial charge is 0.461 e. The van der Waals surface area contributed by atoms with Gasteiger partial charge in [-0.05, 0) is 178 Å². The van der Waals surface area contributed by atoms with Crippen molar-refractivity contribution < 1.29 is 57.7 Å². The van der Waals surface area contributed by atoms with Gasteiger partial charge in [-0.15, -0.1) is 0 Å². The molecule has 4 aliphatic rings. The molecule has 2 bridgehead atoms. The molecule has 1 aliphatic heterocycles. The first-order valence-electron chi connectivity index (χ1n) is 39.1. The number of Topliss-reactive ketones (excluding diaryl/α,β-unsaturated/α-hetero) is 4. The quantitative estimate of drug-likeness (QED) is 0.0200. The van der Waals surface area contributed by atoms with Crippen LogP contribution in [-0.2, 0) is 47.7 Å². The molecule has 4 fully saturated rings. The average Bonchev–Trinajstić information content (AvgIpc) is 1.39. The molecular formula is C74H142B2N10O12. The lowest BCUT2D eigenvalue weighted by atomic mass is 9.43.